The van der Waals surface area contributed by atoms with Crippen LogP contribution in [-0.4, -0.2) is 38.7 Å². The Morgan fingerprint density at radius 3 is 2.31 bits per heavy atom. The van der Waals surface area contributed by atoms with Gasteiger partial charge >= 0.3 is 0 Å². The Kier molecular flexibility index (Phi) is 5.23. The van der Waals surface area contributed by atoms with Gasteiger partial charge in [0.2, 0.25) is 10.0 Å². The maximum atomic E-state index is 13.3. The van der Waals surface area contributed by atoms with Crippen molar-refractivity contribution in [3.63, 3.8) is 0 Å². The fraction of sp³-hybridized carbons (Fsp3) is 0.368. The van der Waals surface area contributed by atoms with Crippen LogP contribution in [0.15, 0.2) is 53.4 Å². The Balaban J connectivity index is 2.02. The molecule has 2 aromatic carbocycles. The highest BCUT2D eigenvalue weighted by atomic mass is 32.2. The zero-order chi connectivity index (χ0) is 18.9. The molecule has 0 bridgehead atoms. The Morgan fingerprint density at radius 2 is 1.73 bits per heavy atom. The second kappa shape index (κ2) is 7.13. The Labute approximate surface area is 155 Å². The van der Waals surface area contributed by atoms with Crippen molar-refractivity contribution in [1.29, 1.82) is 0 Å². The third kappa shape index (κ3) is 4.00. The van der Waals surface area contributed by atoms with Gasteiger partial charge in [-0.25, -0.2) is 16.8 Å². The van der Waals surface area contributed by atoms with Crippen molar-refractivity contribution >= 4 is 19.9 Å². The smallest absolute Gasteiger partial charge is 0.229 e. The average Bonchev–Trinajstić information content (AvgIpc) is 2.95. The maximum Gasteiger partial charge on any atom is 0.243 e. The van der Waals surface area contributed by atoms with Gasteiger partial charge in [0, 0.05) is 12.6 Å². The summed E-state index contributed by atoms with van der Waals surface area (Å²) in [7, 11) is -7.00. The van der Waals surface area contributed by atoms with Gasteiger partial charge in [-0.3, -0.25) is 0 Å². The molecule has 0 aromatic heterocycles. The summed E-state index contributed by atoms with van der Waals surface area (Å²) in [6.45, 7) is 3.96. The highest BCUT2D eigenvalue weighted by Gasteiger charge is 2.38. The number of sulfone groups is 1. The summed E-state index contributed by atoms with van der Waals surface area (Å²) in [5, 5.41) is 0. The lowest BCUT2D eigenvalue weighted by Gasteiger charge is -2.27. The van der Waals surface area contributed by atoms with Crippen LogP contribution in [0.2, 0.25) is 0 Å². The van der Waals surface area contributed by atoms with Crippen molar-refractivity contribution in [2.24, 2.45) is 0 Å². The molecule has 26 heavy (non-hydrogen) atoms. The monoisotopic (exact) mass is 393 g/mol. The number of benzene rings is 2. The fourth-order valence-corrected chi connectivity index (χ4v) is 6.74. The summed E-state index contributed by atoms with van der Waals surface area (Å²) in [4.78, 5) is 0.209. The quantitative estimate of drug-likeness (QED) is 0.783. The molecular weight excluding hydrogens is 370 g/mol. The molecule has 5 nitrogen and oxygen atoms in total. The molecule has 0 saturated carbocycles. The van der Waals surface area contributed by atoms with Gasteiger partial charge in [-0.05, 0) is 49.1 Å². The topological polar surface area (TPSA) is 71.5 Å². The SMILES string of the molecule is Cc1ccc(S(=O)(=O)N(Cc2ccccc2)[C@@H]2CCS(=O)(=O)C2)cc1C. The van der Waals surface area contributed by atoms with Gasteiger partial charge in [0.25, 0.3) is 0 Å². The van der Waals surface area contributed by atoms with Crippen LogP contribution in [-0.2, 0) is 26.4 Å². The van der Waals surface area contributed by atoms with Crippen LogP contribution in [0.5, 0.6) is 0 Å². The van der Waals surface area contributed by atoms with Crippen molar-refractivity contribution in [2.75, 3.05) is 11.5 Å². The molecule has 0 unspecified atom stereocenters. The van der Waals surface area contributed by atoms with Crippen LogP contribution in [0.3, 0.4) is 0 Å². The van der Waals surface area contributed by atoms with Gasteiger partial charge in [-0.2, -0.15) is 4.31 Å². The van der Waals surface area contributed by atoms with Crippen LogP contribution in [0.4, 0.5) is 0 Å². The summed E-state index contributed by atoms with van der Waals surface area (Å²) in [5.74, 6) is -0.0880. The maximum absolute atomic E-state index is 13.3. The Hall–Kier alpha value is -1.70. The Morgan fingerprint density at radius 1 is 1.04 bits per heavy atom. The van der Waals surface area contributed by atoms with E-state index in [2.05, 4.69) is 0 Å². The van der Waals surface area contributed by atoms with E-state index in [9.17, 15) is 16.8 Å². The number of nitrogens with zero attached hydrogens (tertiary/aromatic N) is 1. The zero-order valence-corrected chi connectivity index (χ0v) is 16.6. The van der Waals surface area contributed by atoms with Crippen LogP contribution < -0.4 is 0 Å². The predicted molar refractivity (Wildman–Crippen MR) is 102 cm³/mol. The average molecular weight is 394 g/mol. The van der Waals surface area contributed by atoms with E-state index in [1.807, 2.05) is 44.2 Å². The molecule has 0 spiro atoms. The second-order valence-electron chi connectivity index (χ2n) is 6.84. The molecule has 0 N–H and O–H groups in total. The second-order valence-corrected chi connectivity index (χ2v) is 11.0. The highest BCUT2D eigenvalue weighted by Crippen LogP contribution is 2.28. The fourth-order valence-electron chi connectivity index (χ4n) is 3.19. The minimum atomic E-state index is -3.80. The van der Waals surface area contributed by atoms with Crippen LogP contribution in [0.25, 0.3) is 0 Å². The van der Waals surface area contributed by atoms with Crippen molar-refractivity contribution in [1.82, 2.24) is 4.31 Å². The molecule has 1 saturated heterocycles. The minimum absolute atomic E-state index is 0.0331. The first-order valence-corrected chi connectivity index (χ1v) is 11.8. The standard InChI is InChI=1S/C19H23NO4S2/c1-15-8-9-19(12-16(15)2)26(23,24)20(13-17-6-4-3-5-7-17)18-10-11-25(21,22)14-18/h3-9,12,18H,10-11,13-14H2,1-2H3/t18-/m1/s1. The van der Waals surface area contributed by atoms with E-state index in [4.69, 9.17) is 0 Å². The molecule has 0 aliphatic carbocycles. The van der Waals surface area contributed by atoms with Gasteiger partial charge in [-0.1, -0.05) is 36.4 Å². The first-order chi connectivity index (χ1) is 12.2. The molecule has 3 rings (SSSR count). The number of aryl methyl sites for hydroxylation is 2. The molecule has 0 radical (unpaired) electrons. The van der Waals surface area contributed by atoms with Crippen molar-refractivity contribution in [2.45, 2.75) is 37.8 Å². The molecule has 0 amide bonds. The first-order valence-electron chi connectivity index (χ1n) is 8.52. The van der Waals surface area contributed by atoms with Gasteiger partial charge in [0.1, 0.15) is 0 Å². The predicted octanol–water partition coefficient (Wildman–Crippen LogP) is 2.68. The van der Waals surface area contributed by atoms with Gasteiger partial charge in [-0.15, -0.1) is 0 Å². The largest absolute Gasteiger partial charge is 0.243 e. The van der Waals surface area contributed by atoms with Gasteiger partial charge < -0.3 is 0 Å². The normalized spacial score (nSPS) is 19.7. The van der Waals surface area contributed by atoms with Crippen molar-refractivity contribution in [3.05, 3.63) is 65.2 Å². The lowest BCUT2D eigenvalue weighted by molar-refractivity contribution is 0.334. The molecule has 7 heteroatoms. The van der Waals surface area contributed by atoms with Gasteiger partial charge in [0.15, 0.2) is 9.84 Å². The molecule has 140 valence electrons. The van der Waals surface area contributed by atoms with E-state index < -0.39 is 25.9 Å². The van der Waals surface area contributed by atoms with E-state index in [1.54, 1.807) is 18.2 Å². The van der Waals surface area contributed by atoms with Crippen molar-refractivity contribution < 1.29 is 16.8 Å². The minimum Gasteiger partial charge on any atom is -0.229 e. The van der Waals surface area contributed by atoms with E-state index in [0.717, 1.165) is 16.7 Å². The summed E-state index contributed by atoms with van der Waals surface area (Å²) in [5.41, 5.74) is 2.75. The summed E-state index contributed by atoms with van der Waals surface area (Å²) in [6, 6.07) is 13.8. The molecule has 1 atom stereocenters. The highest BCUT2D eigenvalue weighted by molar-refractivity contribution is 7.92. The summed E-state index contributed by atoms with van der Waals surface area (Å²) >= 11 is 0. The lowest BCUT2D eigenvalue weighted by Crippen LogP contribution is -2.40. The van der Waals surface area contributed by atoms with Crippen LogP contribution in [0, 0.1) is 13.8 Å². The zero-order valence-electron chi connectivity index (χ0n) is 14.9. The molecule has 1 fully saturated rings. The number of rotatable bonds is 5. The van der Waals surface area contributed by atoms with Crippen LogP contribution in [0.1, 0.15) is 23.1 Å². The molecule has 1 heterocycles. The van der Waals surface area contributed by atoms with Crippen molar-refractivity contribution in [3.8, 4) is 0 Å². The lowest BCUT2D eigenvalue weighted by atomic mass is 10.1. The molecule has 1 aliphatic rings. The number of sulfonamides is 1. The molecule has 1 aliphatic heterocycles. The third-order valence-corrected chi connectivity index (χ3v) is 8.53. The number of hydrogen-bond acceptors (Lipinski definition) is 4. The van der Waals surface area contributed by atoms with E-state index in [0.29, 0.717) is 6.42 Å². The molecule has 2 aromatic rings. The van der Waals surface area contributed by atoms with E-state index in [1.165, 1.54) is 4.31 Å². The van der Waals surface area contributed by atoms with Gasteiger partial charge in [0.05, 0.1) is 16.4 Å². The van der Waals surface area contributed by atoms with E-state index >= 15 is 0 Å². The number of hydrogen-bond donors (Lipinski definition) is 0. The van der Waals surface area contributed by atoms with E-state index in [-0.39, 0.29) is 22.9 Å². The first kappa shape index (κ1) is 19.1. The Bertz CT molecular complexity index is 999. The van der Waals surface area contributed by atoms with Crippen LogP contribution >= 0.6 is 0 Å². The summed E-state index contributed by atoms with van der Waals surface area (Å²) < 4.78 is 51.9. The third-order valence-electron chi connectivity index (χ3n) is 4.88. The summed E-state index contributed by atoms with van der Waals surface area (Å²) in [6.07, 6.45) is 0.333. The molecular formula is C19H23NO4S2.